The van der Waals surface area contributed by atoms with Gasteiger partial charge in [-0.15, -0.1) is 0 Å². The Labute approximate surface area is 211 Å². The summed E-state index contributed by atoms with van der Waals surface area (Å²) in [6.07, 6.45) is 9.01. The molecule has 3 heterocycles. The van der Waals surface area contributed by atoms with Crippen molar-refractivity contribution in [2.45, 2.75) is 56.7 Å². The molecule has 3 aromatic rings. The fourth-order valence-corrected chi connectivity index (χ4v) is 6.53. The Morgan fingerprint density at radius 3 is 2.80 bits per heavy atom. The van der Waals surface area contributed by atoms with Crippen molar-refractivity contribution < 1.29 is 14.6 Å². The topological polar surface area (TPSA) is 67.7 Å². The molecular formula is C28H32ClN3O3. The molecule has 0 amide bonds. The van der Waals surface area contributed by atoms with E-state index in [0.29, 0.717) is 12.5 Å². The molecule has 2 atom stereocenters. The molecule has 3 aliphatic rings. The van der Waals surface area contributed by atoms with Crippen molar-refractivity contribution in [2.24, 2.45) is 11.8 Å². The zero-order valence-corrected chi connectivity index (χ0v) is 20.9. The number of halogens is 1. The van der Waals surface area contributed by atoms with Gasteiger partial charge in [-0.1, -0.05) is 18.0 Å². The van der Waals surface area contributed by atoms with Gasteiger partial charge in [0.1, 0.15) is 29.2 Å². The third kappa shape index (κ3) is 4.43. The molecule has 2 unspecified atom stereocenters. The van der Waals surface area contributed by atoms with Crippen LogP contribution in [0.15, 0.2) is 42.7 Å². The largest absolute Gasteiger partial charge is 0.497 e. The standard InChI is InChI=1S/C28H32ClN3O3/c1-34-22-5-6-24-23(13-22)27(31-17-30-24)32-15-19(25(33)16-32)3-2-18-8-10-28(11-9-18)14-20-12-21(29)4-7-26(20)35-28/h4-7,12-13,17-19,25,33H,2-3,8-11,14-16H2,1H3. The minimum absolute atomic E-state index is 0.0394. The van der Waals surface area contributed by atoms with Crippen LogP contribution in [0.2, 0.25) is 5.02 Å². The molecule has 1 aliphatic carbocycles. The molecule has 7 heteroatoms. The van der Waals surface area contributed by atoms with Crippen LogP contribution < -0.4 is 14.4 Å². The SMILES string of the molecule is COc1ccc2ncnc(N3CC(O)C(CCC4CCC5(CC4)Cc4cc(Cl)ccc4O5)C3)c2c1. The minimum atomic E-state index is -0.335. The summed E-state index contributed by atoms with van der Waals surface area (Å²) in [4.78, 5) is 11.2. The number of hydrogen-bond acceptors (Lipinski definition) is 6. The number of hydrogen-bond donors (Lipinski definition) is 1. The second-order valence-corrected chi connectivity index (χ2v) is 11.0. The number of aromatic nitrogens is 2. The summed E-state index contributed by atoms with van der Waals surface area (Å²) in [5.74, 6) is 3.64. The smallest absolute Gasteiger partial charge is 0.140 e. The number of nitrogens with zero attached hydrogens (tertiary/aromatic N) is 3. The monoisotopic (exact) mass is 493 g/mol. The average Bonchev–Trinajstić information content (AvgIpc) is 3.42. The molecule has 1 saturated heterocycles. The molecule has 0 radical (unpaired) electrons. The first-order valence-electron chi connectivity index (χ1n) is 12.7. The highest BCUT2D eigenvalue weighted by Gasteiger charge is 2.42. The third-order valence-corrected chi connectivity index (χ3v) is 8.59. The minimum Gasteiger partial charge on any atom is -0.497 e. The Morgan fingerprint density at radius 2 is 1.97 bits per heavy atom. The lowest BCUT2D eigenvalue weighted by atomic mass is 9.74. The van der Waals surface area contributed by atoms with E-state index in [0.717, 1.165) is 71.9 Å². The highest BCUT2D eigenvalue weighted by atomic mass is 35.5. The van der Waals surface area contributed by atoms with Crippen molar-refractivity contribution in [1.29, 1.82) is 0 Å². The van der Waals surface area contributed by atoms with Crippen molar-refractivity contribution in [2.75, 3.05) is 25.1 Å². The lowest BCUT2D eigenvalue weighted by Crippen LogP contribution is -2.38. The van der Waals surface area contributed by atoms with E-state index >= 15 is 0 Å². The number of anilines is 1. The molecular weight excluding hydrogens is 462 g/mol. The van der Waals surface area contributed by atoms with Crippen LogP contribution >= 0.6 is 11.6 Å². The quantitative estimate of drug-likeness (QED) is 0.511. The van der Waals surface area contributed by atoms with Crippen LogP contribution in [-0.2, 0) is 6.42 Å². The summed E-state index contributed by atoms with van der Waals surface area (Å²) >= 11 is 6.19. The molecule has 0 bridgehead atoms. The van der Waals surface area contributed by atoms with Gasteiger partial charge in [-0.25, -0.2) is 9.97 Å². The molecule has 1 saturated carbocycles. The van der Waals surface area contributed by atoms with Gasteiger partial charge in [-0.05, 0) is 80.0 Å². The Balaban J connectivity index is 1.06. The van der Waals surface area contributed by atoms with Crippen LogP contribution in [0.3, 0.4) is 0 Å². The molecule has 1 spiro atoms. The zero-order chi connectivity index (χ0) is 24.0. The molecule has 1 aromatic heterocycles. The highest BCUT2D eigenvalue weighted by Crippen LogP contribution is 2.46. The van der Waals surface area contributed by atoms with Crippen LogP contribution in [0.25, 0.3) is 10.9 Å². The fourth-order valence-electron chi connectivity index (χ4n) is 6.34. The summed E-state index contributed by atoms with van der Waals surface area (Å²) in [6.45, 7) is 1.43. The first-order valence-corrected chi connectivity index (χ1v) is 13.1. The van der Waals surface area contributed by atoms with Gasteiger partial charge >= 0.3 is 0 Å². The number of benzene rings is 2. The van der Waals surface area contributed by atoms with Gasteiger partial charge in [-0.3, -0.25) is 0 Å². The number of aliphatic hydroxyl groups excluding tert-OH is 1. The van der Waals surface area contributed by atoms with Crippen molar-refractivity contribution >= 4 is 28.3 Å². The van der Waals surface area contributed by atoms with E-state index in [1.54, 1.807) is 13.4 Å². The van der Waals surface area contributed by atoms with Gasteiger partial charge in [0.25, 0.3) is 0 Å². The van der Waals surface area contributed by atoms with E-state index in [1.165, 1.54) is 18.4 Å². The van der Waals surface area contributed by atoms with Gasteiger partial charge in [0, 0.05) is 35.8 Å². The summed E-state index contributed by atoms with van der Waals surface area (Å²) < 4.78 is 11.8. The number of rotatable bonds is 5. The molecule has 6 rings (SSSR count). The molecule has 2 aliphatic heterocycles. The maximum absolute atomic E-state index is 10.9. The van der Waals surface area contributed by atoms with Crippen LogP contribution in [0, 0.1) is 11.8 Å². The Bertz CT molecular complexity index is 1230. The predicted octanol–water partition coefficient (Wildman–Crippen LogP) is 5.43. The van der Waals surface area contributed by atoms with E-state index in [4.69, 9.17) is 21.1 Å². The Hall–Kier alpha value is -2.57. The summed E-state index contributed by atoms with van der Waals surface area (Å²) in [5, 5.41) is 12.6. The summed E-state index contributed by atoms with van der Waals surface area (Å²) in [5.41, 5.74) is 2.10. The first kappa shape index (κ1) is 22.9. The molecule has 35 heavy (non-hydrogen) atoms. The van der Waals surface area contributed by atoms with Gasteiger partial charge in [0.05, 0.1) is 18.7 Å². The zero-order valence-electron chi connectivity index (χ0n) is 20.1. The first-order chi connectivity index (χ1) is 17.0. The van der Waals surface area contributed by atoms with Gasteiger partial charge in [0.15, 0.2) is 0 Å². The van der Waals surface area contributed by atoms with Gasteiger partial charge < -0.3 is 19.5 Å². The number of methoxy groups -OCH3 is 1. The van der Waals surface area contributed by atoms with Crippen molar-refractivity contribution in [3.8, 4) is 11.5 Å². The summed E-state index contributed by atoms with van der Waals surface area (Å²) in [6, 6.07) is 11.9. The van der Waals surface area contributed by atoms with Gasteiger partial charge in [-0.2, -0.15) is 0 Å². The second kappa shape index (κ2) is 9.14. The lowest BCUT2D eigenvalue weighted by molar-refractivity contribution is 0.0324. The molecule has 1 N–H and O–H groups in total. The maximum atomic E-state index is 10.9. The normalized spacial score (nSPS) is 27.9. The van der Waals surface area contributed by atoms with E-state index in [9.17, 15) is 5.11 Å². The Kier molecular flexibility index (Phi) is 5.97. The number of aliphatic hydroxyl groups is 1. The molecule has 2 fully saturated rings. The van der Waals surface area contributed by atoms with Crippen LogP contribution in [0.5, 0.6) is 11.5 Å². The van der Waals surface area contributed by atoms with Crippen molar-refractivity contribution in [3.63, 3.8) is 0 Å². The predicted molar refractivity (Wildman–Crippen MR) is 138 cm³/mol. The second-order valence-electron chi connectivity index (χ2n) is 10.5. The number of ether oxygens (including phenoxy) is 2. The van der Waals surface area contributed by atoms with Gasteiger partial charge in [0.2, 0.25) is 0 Å². The lowest BCUT2D eigenvalue weighted by Gasteiger charge is -2.37. The summed E-state index contributed by atoms with van der Waals surface area (Å²) in [7, 11) is 1.67. The van der Waals surface area contributed by atoms with E-state index < -0.39 is 0 Å². The molecule has 2 aromatic carbocycles. The Morgan fingerprint density at radius 1 is 1.11 bits per heavy atom. The highest BCUT2D eigenvalue weighted by molar-refractivity contribution is 6.30. The van der Waals surface area contributed by atoms with E-state index in [2.05, 4.69) is 20.9 Å². The van der Waals surface area contributed by atoms with Crippen LogP contribution in [0.1, 0.15) is 44.1 Å². The molecule has 6 nitrogen and oxygen atoms in total. The van der Waals surface area contributed by atoms with E-state index in [1.807, 2.05) is 30.3 Å². The fraction of sp³-hybridized carbons (Fsp3) is 0.500. The number of fused-ring (bicyclic) bond motifs is 2. The van der Waals surface area contributed by atoms with Crippen molar-refractivity contribution in [1.82, 2.24) is 9.97 Å². The van der Waals surface area contributed by atoms with Crippen molar-refractivity contribution in [3.05, 3.63) is 53.3 Å². The molecule has 184 valence electrons. The van der Waals surface area contributed by atoms with E-state index in [-0.39, 0.29) is 17.6 Å². The average molecular weight is 494 g/mol. The number of β-amino-alcohol motifs (C(OH)–C–C–N with tert-alkyl or cyclic N) is 1. The van der Waals surface area contributed by atoms with Crippen LogP contribution in [0.4, 0.5) is 5.82 Å². The van der Waals surface area contributed by atoms with Crippen LogP contribution in [-0.4, -0.2) is 47.0 Å². The maximum Gasteiger partial charge on any atom is 0.140 e. The third-order valence-electron chi connectivity index (χ3n) is 8.35.